The fraction of sp³-hybridized carbons (Fsp3) is 0. The predicted octanol–water partition coefficient (Wildman–Crippen LogP) is -1.30. The molecule has 0 saturated heterocycles. The third-order valence-corrected chi connectivity index (χ3v) is 0. The van der Waals surface area contributed by atoms with Crippen molar-refractivity contribution in [1.29, 1.82) is 0 Å². The Hall–Kier alpha value is 2.19. The average Bonchev–Trinajstić information content (AvgIpc) is 0. The van der Waals surface area contributed by atoms with E-state index in [1.807, 2.05) is 0 Å². The molecule has 0 amide bonds. The average molecular weight is 134 g/mol. The van der Waals surface area contributed by atoms with E-state index < -0.39 is 0 Å². The van der Waals surface area contributed by atoms with Crippen molar-refractivity contribution in [1.82, 2.24) is 0 Å². The van der Waals surface area contributed by atoms with Crippen LogP contribution in [0, 0.1) is 0 Å². The monoisotopic (exact) mass is 133 g/mol. The van der Waals surface area contributed by atoms with Crippen molar-refractivity contribution in [3.05, 3.63) is 0 Å². The van der Waals surface area contributed by atoms with E-state index in [-0.39, 0.29) is 71.0 Å². The van der Waals surface area contributed by atoms with Crippen molar-refractivity contribution in [2.45, 2.75) is 0 Å². The zero-order chi connectivity index (χ0) is 0. The second-order valence-electron chi connectivity index (χ2n) is 0. The van der Waals surface area contributed by atoms with Crippen LogP contribution < -0.4 is 0 Å². The quantitative estimate of drug-likeness (QED) is 0.361. The van der Waals surface area contributed by atoms with Gasteiger partial charge in [0.2, 0.25) is 0 Å². The summed E-state index contributed by atoms with van der Waals surface area (Å²) in [4.78, 5) is 0. The smallest absolute Gasteiger partial charge is 0 e. The summed E-state index contributed by atoms with van der Waals surface area (Å²) in [6.45, 7) is 0. The van der Waals surface area contributed by atoms with Gasteiger partial charge in [0.25, 0.3) is 0 Å². The van der Waals surface area contributed by atoms with Gasteiger partial charge in [-0.3, -0.25) is 0 Å². The van der Waals surface area contributed by atoms with Crippen LogP contribution in [0.15, 0.2) is 0 Å². The van der Waals surface area contributed by atoms with E-state index in [1.54, 1.807) is 0 Å². The summed E-state index contributed by atoms with van der Waals surface area (Å²) in [7, 11) is 0. The molecule has 0 aliphatic heterocycles. The Bertz CT molecular complexity index is 6.00. The largest absolute Gasteiger partial charge is 0 e. The van der Waals surface area contributed by atoms with Crippen molar-refractivity contribution in [3.63, 3.8) is 0 Å². The minimum absolute atomic E-state index is 0. The standard InChI is InChI=1S/Co.2Li.Ni.2H. The van der Waals surface area contributed by atoms with Gasteiger partial charge in [-0.25, -0.2) is 0 Å². The van der Waals surface area contributed by atoms with E-state index >= 15 is 0 Å². The fourth-order valence-corrected chi connectivity index (χ4v) is 0. The molecule has 0 saturated carbocycles. The number of hydrogen-bond acceptors (Lipinski definition) is 0. The molecule has 0 aromatic heterocycles. The normalized spacial score (nSPS) is 0. The van der Waals surface area contributed by atoms with E-state index in [1.165, 1.54) is 0 Å². The van der Waals surface area contributed by atoms with Crippen LogP contribution in [0.4, 0.5) is 0 Å². The molecular weight excluding hydrogens is 132 g/mol. The van der Waals surface area contributed by atoms with Gasteiger partial charge in [0, 0.05) is 33.3 Å². The molecular formula is H2CoLi2Ni. The minimum atomic E-state index is 0. The minimum Gasteiger partial charge on any atom is 0 e. The van der Waals surface area contributed by atoms with Crippen LogP contribution in [-0.2, 0) is 33.3 Å². The van der Waals surface area contributed by atoms with Crippen LogP contribution in [0.5, 0.6) is 0 Å². The van der Waals surface area contributed by atoms with Crippen LogP contribution in [0.1, 0.15) is 0 Å². The molecule has 0 aromatic carbocycles. The summed E-state index contributed by atoms with van der Waals surface area (Å²) in [5.74, 6) is 0. The summed E-state index contributed by atoms with van der Waals surface area (Å²) < 4.78 is 0. The van der Waals surface area contributed by atoms with Crippen LogP contribution in [-0.4, -0.2) is 37.7 Å². The van der Waals surface area contributed by atoms with Gasteiger partial charge in [-0.1, -0.05) is 0 Å². The van der Waals surface area contributed by atoms with E-state index in [0.717, 1.165) is 0 Å². The maximum Gasteiger partial charge on any atom is 0 e. The third kappa shape index (κ3) is 8.89. The van der Waals surface area contributed by atoms with Gasteiger partial charge < -0.3 is 0 Å². The molecule has 0 nitrogen and oxygen atoms in total. The van der Waals surface area contributed by atoms with Crippen LogP contribution in [0.3, 0.4) is 0 Å². The molecule has 4 heteroatoms. The molecule has 0 heterocycles. The van der Waals surface area contributed by atoms with Crippen molar-refractivity contribution >= 4 is 37.7 Å². The molecule has 0 N–H and O–H groups in total. The zero-order valence-corrected chi connectivity index (χ0v) is 2.68. The van der Waals surface area contributed by atoms with Gasteiger partial charge in [-0.15, -0.1) is 0 Å². The van der Waals surface area contributed by atoms with Crippen molar-refractivity contribution in [3.8, 4) is 0 Å². The number of hydrogen-bond donors (Lipinski definition) is 0. The Labute approximate surface area is 70.3 Å². The predicted molar refractivity (Wildman–Crippen MR) is 14.3 cm³/mol. The van der Waals surface area contributed by atoms with Crippen LogP contribution in [0.25, 0.3) is 0 Å². The van der Waals surface area contributed by atoms with Crippen LogP contribution >= 0.6 is 0 Å². The summed E-state index contributed by atoms with van der Waals surface area (Å²) in [5.41, 5.74) is 0. The molecule has 1 radical (unpaired) electrons. The topological polar surface area (TPSA) is 0 Å². The van der Waals surface area contributed by atoms with E-state index in [2.05, 4.69) is 0 Å². The van der Waals surface area contributed by atoms with Gasteiger partial charge in [0.15, 0.2) is 0 Å². The molecule has 4 heavy (non-hydrogen) atoms. The van der Waals surface area contributed by atoms with Crippen molar-refractivity contribution in [2.75, 3.05) is 0 Å². The molecule has 0 aliphatic carbocycles. The van der Waals surface area contributed by atoms with E-state index in [9.17, 15) is 0 Å². The Kier molecular flexibility index (Phi) is 165. The molecule has 0 atom stereocenters. The second kappa shape index (κ2) is 19.0. The summed E-state index contributed by atoms with van der Waals surface area (Å²) in [6, 6.07) is 0. The Morgan fingerprint density at radius 3 is 0.750 bits per heavy atom. The molecule has 23 valence electrons. The third-order valence-electron chi connectivity index (χ3n) is 0. The summed E-state index contributed by atoms with van der Waals surface area (Å²) >= 11 is 0. The fourth-order valence-electron chi connectivity index (χ4n) is 0. The SMILES string of the molecule is [Co].[LiH].[LiH].[Ni]. The van der Waals surface area contributed by atoms with Gasteiger partial charge in [-0.05, 0) is 0 Å². The number of rotatable bonds is 0. The maximum absolute atomic E-state index is 0. The molecule has 0 spiro atoms. The van der Waals surface area contributed by atoms with Gasteiger partial charge >= 0.3 is 37.7 Å². The molecule has 0 unspecified atom stereocenters. The van der Waals surface area contributed by atoms with Gasteiger partial charge in [0.1, 0.15) is 0 Å². The molecule has 0 aromatic rings. The Balaban J connectivity index is 0. The molecule has 0 bridgehead atoms. The zero-order valence-electron chi connectivity index (χ0n) is 0.650. The van der Waals surface area contributed by atoms with Gasteiger partial charge in [0.05, 0.1) is 0 Å². The first kappa shape index (κ1) is 34.7. The van der Waals surface area contributed by atoms with Crippen molar-refractivity contribution in [2.24, 2.45) is 0 Å². The summed E-state index contributed by atoms with van der Waals surface area (Å²) in [6.07, 6.45) is 0. The Morgan fingerprint density at radius 2 is 0.750 bits per heavy atom. The first-order valence-corrected chi connectivity index (χ1v) is 0. The van der Waals surface area contributed by atoms with E-state index in [4.69, 9.17) is 0 Å². The first-order valence-electron chi connectivity index (χ1n) is 0. The molecule has 0 rings (SSSR count). The second-order valence-corrected chi connectivity index (χ2v) is 0. The van der Waals surface area contributed by atoms with Crippen LogP contribution in [0.2, 0.25) is 0 Å². The van der Waals surface area contributed by atoms with Gasteiger partial charge in [-0.2, -0.15) is 0 Å². The first-order chi connectivity index (χ1) is 0. The van der Waals surface area contributed by atoms with E-state index in [0.29, 0.717) is 0 Å². The summed E-state index contributed by atoms with van der Waals surface area (Å²) in [5, 5.41) is 0. The molecule has 0 fully saturated rings. The van der Waals surface area contributed by atoms with Crippen molar-refractivity contribution < 1.29 is 33.3 Å². The molecule has 0 aliphatic rings. The maximum atomic E-state index is 0. The Morgan fingerprint density at radius 1 is 0.750 bits per heavy atom.